The number of nitrogens with zero attached hydrogens (tertiary/aromatic N) is 1. The summed E-state index contributed by atoms with van der Waals surface area (Å²) in [4.78, 5) is 17.2. The number of pyridine rings is 1. The van der Waals surface area contributed by atoms with E-state index in [1.54, 1.807) is 21.1 Å². The Morgan fingerprint density at radius 3 is 2.56 bits per heavy atom. The summed E-state index contributed by atoms with van der Waals surface area (Å²) in [6.45, 7) is 1.64. The summed E-state index contributed by atoms with van der Waals surface area (Å²) in [6.07, 6.45) is 3.83. The van der Waals surface area contributed by atoms with Crippen LogP contribution >= 0.6 is 0 Å². The van der Waals surface area contributed by atoms with Crippen LogP contribution in [0.4, 0.5) is 0 Å². The molecule has 0 aliphatic heterocycles. The van der Waals surface area contributed by atoms with Gasteiger partial charge in [0.25, 0.3) is 0 Å². The van der Waals surface area contributed by atoms with E-state index in [1.807, 2.05) is 42.5 Å². The van der Waals surface area contributed by atoms with Gasteiger partial charge in [0.15, 0.2) is 17.3 Å². The van der Waals surface area contributed by atoms with Gasteiger partial charge in [0, 0.05) is 10.9 Å². The molecule has 0 radical (unpaired) electrons. The maximum absolute atomic E-state index is 12.4. The predicted molar refractivity (Wildman–Crippen MR) is 107 cm³/mol. The minimum atomic E-state index is 0.0946. The van der Waals surface area contributed by atoms with Gasteiger partial charge in [-0.2, -0.15) is 0 Å². The molecule has 136 valence electrons. The van der Waals surface area contributed by atoms with Gasteiger partial charge >= 0.3 is 0 Å². The molecule has 1 aliphatic carbocycles. The summed E-state index contributed by atoms with van der Waals surface area (Å²) in [7, 11) is 3.26. The molecule has 0 saturated heterocycles. The first kappa shape index (κ1) is 17.3. The van der Waals surface area contributed by atoms with Crippen LogP contribution in [0, 0.1) is 0 Å². The Morgan fingerprint density at radius 2 is 1.81 bits per heavy atom. The highest BCUT2D eigenvalue weighted by Crippen LogP contribution is 2.38. The van der Waals surface area contributed by atoms with Crippen molar-refractivity contribution in [2.45, 2.75) is 19.8 Å². The van der Waals surface area contributed by atoms with Crippen LogP contribution in [0.5, 0.6) is 11.5 Å². The number of carbonyl (C=O) groups is 1. The van der Waals surface area contributed by atoms with E-state index >= 15 is 0 Å². The van der Waals surface area contributed by atoms with Gasteiger partial charge in [-0.05, 0) is 60.7 Å². The average Bonchev–Trinajstić information content (AvgIpc) is 3.07. The van der Waals surface area contributed by atoms with E-state index in [-0.39, 0.29) is 5.78 Å². The van der Waals surface area contributed by atoms with Crippen molar-refractivity contribution < 1.29 is 14.3 Å². The van der Waals surface area contributed by atoms with Crippen LogP contribution in [0.1, 0.15) is 40.5 Å². The number of ether oxygens (including phenoxy) is 2. The average molecular weight is 359 g/mol. The number of carbonyl (C=O) groups excluding carboxylic acids is 1. The molecule has 4 heteroatoms. The second-order valence-electron chi connectivity index (χ2n) is 6.67. The van der Waals surface area contributed by atoms with Crippen molar-refractivity contribution in [1.29, 1.82) is 0 Å². The zero-order valence-corrected chi connectivity index (χ0v) is 15.7. The fourth-order valence-corrected chi connectivity index (χ4v) is 3.82. The fraction of sp³-hybridized carbons (Fsp3) is 0.217. The first-order valence-corrected chi connectivity index (χ1v) is 8.98. The van der Waals surface area contributed by atoms with Crippen molar-refractivity contribution in [1.82, 2.24) is 4.98 Å². The molecule has 0 N–H and O–H groups in total. The highest BCUT2D eigenvalue weighted by atomic mass is 16.5. The van der Waals surface area contributed by atoms with Gasteiger partial charge in [-0.3, -0.25) is 4.79 Å². The third kappa shape index (κ3) is 2.97. The zero-order chi connectivity index (χ0) is 19.0. The van der Waals surface area contributed by atoms with Crippen LogP contribution in [-0.4, -0.2) is 25.0 Å². The second-order valence-corrected chi connectivity index (χ2v) is 6.67. The minimum absolute atomic E-state index is 0.0946. The number of hydrogen-bond acceptors (Lipinski definition) is 4. The molecule has 0 unspecified atom stereocenters. The minimum Gasteiger partial charge on any atom is -0.493 e. The normalized spacial score (nSPS) is 14.4. The third-order valence-electron chi connectivity index (χ3n) is 5.04. The van der Waals surface area contributed by atoms with Crippen LogP contribution in [0.2, 0.25) is 0 Å². The number of allylic oxidation sites excluding steroid dienone is 1. The summed E-state index contributed by atoms with van der Waals surface area (Å²) in [5.74, 6) is 1.49. The van der Waals surface area contributed by atoms with Crippen molar-refractivity contribution in [3.05, 3.63) is 64.8 Å². The molecule has 1 aliphatic rings. The molecule has 0 atom stereocenters. The van der Waals surface area contributed by atoms with Gasteiger partial charge < -0.3 is 9.47 Å². The van der Waals surface area contributed by atoms with E-state index in [9.17, 15) is 4.79 Å². The van der Waals surface area contributed by atoms with E-state index < -0.39 is 0 Å². The zero-order valence-electron chi connectivity index (χ0n) is 15.7. The Bertz CT molecular complexity index is 1080. The Labute approximate surface area is 158 Å². The van der Waals surface area contributed by atoms with Crippen molar-refractivity contribution in [2.24, 2.45) is 0 Å². The van der Waals surface area contributed by atoms with Gasteiger partial charge in [-0.25, -0.2) is 4.98 Å². The van der Waals surface area contributed by atoms with Crippen LogP contribution in [0.3, 0.4) is 0 Å². The number of ketones is 1. The number of hydrogen-bond donors (Lipinski definition) is 0. The van der Waals surface area contributed by atoms with E-state index in [0.717, 1.165) is 51.7 Å². The van der Waals surface area contributed by atoms with Gasteiger partial charge in [0.05, 0.1) is 25.4 Å². The smallest absolute Gasteiger partial charge is 0.161 e. The predicted octanol–water partition coefficient (Wildman–Crippen LogP) is 4.94. The van der Waals surface area contributed by atoms with Crippen LogP contribution in [0.25, 0.3) is 22.6 Å². The van der Waals surface area contributed by atoms with E-state index in [0.29, 0.717) is 11.5 Å². The topological polar surface area (TPSA) is 48.4 Å². The molecule has 2 aromatic carbocycles. The number of aromatic nitrogens is 1. The lowest BCUT2D eigenvalue weighted by Crippen LogP contribution is -2.03. The first-order chi connectivity index (χ1) is 13.1. The molecule has 1 heterocycles. The molecule has 1 aromatic heterocycles. The molecule has 4 nitrogen and oxygen atoms in total. The number of para-hydroxylation sites is 1. The highest BCUT2D eigenvalue weighted by Gasteiger charge is 2.25. The monoisotopic (exact) mass is 359 g/mol. The standard InChI is InChI=1S/C23H21NO3/c1-14(25)22-17-6-4-5-7-19(17)24-23-16(9-10-18(22)23)12-15-8-11-20(26-2)21(13-15)27-3/h4-8,11-13H,9-10H2,1-3H3/b16-12+. The van der Waals surface area contributed by atoms with E-state index in [1.165, 1.54) is 0 Å². The number of methoxy groups -OCH3 is 2. The Balaban J connectivity index is 1.86. The lowest BCUT2D eigenvalue weighted by Gasteiger charge is -2.10. The maximum atomic E-state index is 12.4. The lowest BCUT2D eigenvalue weighted by molar-refractivity contribution is 0.101. The van der Waals surface area contributed by atoms with Gasteiger partial charge in [0.1, 0.15) is 0 Å². The largest absolute Gasteiger partial charge is 0.493 e. The number of rotatable bonds is 4. The number of benzene rings is 2. The van der Waals surface area contributed by atoms with E-state index in [2.05, 4.69) is 6.08 Å². The maximum Gasteiger partial charge on any atom is 0.161 e. The van der Waals surface area contributed by atoms with Gasteiger partial charge in [-0.1, -0.05) is 24.3 Å². The summed E-state index contributed by atoms with van der Waals surface area (Å²) < 4.78 is 10.7. The van der Waals surface area contributed by atoms with Crippen molar-refractivity contribution >= 4 is 28.3 Å². The van der Waals surface area contributed by atoms with Crippen molar-refractivity contribution in [3.8, 4) is 11.5 Å². The quantitative estimate of drug-likeness (QED) is 0.619. The van der Waals surface area contributed by atoms with Crippen LogP contribution < -0.4 is 9.47 Å². The van der Waals surface area contributed by atoms with Gasteiger partial charge in [0.2, 0.25) is 0 Å². The highest BCUT2D eigenvalue weighted by molar-refractivity contribution is 6.09. The van der Waals surface area contributed by atoms with Crippen molar-refractivity contribution in [2.75, 3.05) is 14.2 Å². The first-order valence-electron chi connectivity index (χ1n) is 8.98. The molecular formula is C23H21NO3. The summed E-state index contributed by atoms with van der Waals surface area (Å²) in [5, 5.41) is 0.941. The van der Waals surface area contributed by atoms with E-state index in [4.69, 9.17) is 14.5 Å². The number of Topliss-reactive ketones (excluding diaryl/α,β-unsaturated/α-hetero) is 1. The number of fused-ring (bicyclic) bond motifs is 2. The molecule has 0 bridgehead atoms. The Kier molecular flexibility index (Phi) is 4.40. The lowest BCUT2D eigenvalue weighted by atomic mass is 9.98. The molecule has 0 amide bonds. The summed E-state index contributed by atoms with van der Waals surface area (Å²) >= 11 is 0. The summed E-state index contributed by atoms with van der Waals surface area (Å²) in [5.41, 5.74) is 5.84. The Morgan fingerprint density at radius 1 is 1.04 bits per heavy atom. The SMILES string of the molecule is COc1ccc(/C=C2\CCc3c2nc2ccccc2c3C(C)=O)cc1OC. The fourth-order valence-electron chi connectivity index (χ4n) is 3.82. The van der Waals surface area contributed by atoms with Gasteiger partial charge in [-0.15, -0.1) is 0 Å². The van der Waals surface area contributed by atoms with Crippen LogP contribution in [-0.2, 0) is 6.42 Å². The molecule has 0 saturated carbocycles. The molecule has 0 spiro atoms. The molecule has 3 aromatic rings. The Hall–Kier alpha value is -3.14. The summed E-state index contributed by atoms with van der Waals surface area (Å²) in [6, 6.07) is 13.7. The molecule has 4 rings (SSSR count). The second kappa shape index (κ2) is 6.88. The third-order valence-corrected chi connectivity index (χ3v) is 5.04. The molecule has 27 heavy (non-hydrogen) atoms. The molecule has 0 fully saturated rings. The molecular weight excluding hydrogens is 338 g/mol. The van der Waals surface area contributed by atoms with Crippen molar-refractivity contribution in [3.63, 3.8) is 0 Å². The van der Waals surface area contributed by atoms with Crippen LogP contribution in [0.15, 0.2) is 42.5 Å².